The topological polar surface area (TPSA) is 240 Å². The molecule has 0 aliphatic carbocycles. The lowest BCUT2D eigenvalue weighted by Gasteiger charge is -2.35. The van der Waals surface area contributed by atoms with Crippen molar-refractivity contribution in [2.75, 3.05) is 18.1 Å². The molecule has 17 nitrogen and oxygen atoms in total. The highest BCUT2D eigenvalue weighted by Gasteiger charge is 2.54. The van der Waals surface area contributed by atoms with Gasteiger partial charge in [0.25, 0.3) is 21.6 Å². The summed E-state index contributed by atoms with van der Waals surface area (Å²) in [6.45, 7) is 0.744. The molecule has 5 rings (SSSR count). The highest BCUT2D eigenvalue weighted by Crippen LogP contribution is 2.63. The molecule has 0 spiro atoms. The lowest BCUT2D eigenvalue weighted by atomic mass is 10.1. The standard InChI is InChI=1S/C28H33FN3O14P3/c1-2-3-15-47(35,36)45-49(39,40)46-48(37,38)41-17-21-24-25(44-23(43-24)16-18-7-5-4-6-8-18)27(42-21)32-14-13-22(31-28(32)34)30-26(33)19-9-11-20(29)12-10-19/h4-14,21,23-25,27H,2-3,15-17H2,1H3,(H,35,36)(H,37,38)(H,39,40)(H,30,31,33,34)/p-3/t21-,23?,24?,25+,27-/m1/s1. The lowest BCUT2D eigenvalue weighted by molar-refractivity contribution is -0.246. The number of fused-ring (bicyclic) bond motifs is 1. The van der Waals surface area contributed by atoms with Gasteiger partial charge in [-0.3, -0.25) is 22.8 Å². The number of carbonyl (C=O) groups is 1. The van der Waals surface area contributed by atoms with Gasteiger partial charge in [0.15, 0.2) is 12.5 Å². The van der Waals surface area contributed by atoms with E-state index in [1.165, 1.54) is 24.4 Å². The van der Waals surface area contributed by atoms with Gasteiger partial charge in [-0.25, -0.2) is 13.5 Å². The van der Waals surface area contributed by atoms with Gasteiger partial charge in [0.2, 0.25) is 0 Å². The molecule has 2 fully saturated rings. The van der Waals surface area contributed by atoms with E-state index in [1.54, 1.807) is 19.1 Å². The van der Waals surface area contributed by atoms with Crippen molar-refractivity contribution in [3.05, 3.63) is 94.3 Å². The van der Waals surface area contributed by atoms with Gasteiger partial charge >= 0.3 is 5.69 Å². The molecule has 1 amide bonds. The largest absolute Gasteiger partial charge is 0.778 e. The predicted octanol–water partition coefficient (Wildman–Crippen LogP) is 2.22. The van der Waals surface area contributed by atoms with Crippen LogP contribution in [0.3, 0.4) is 0 Å². The third-order valence-electron chi connectivity index (χ3n) is 7.21. The number of hydrogen-bond acceptors (Lipinski definition) is 15. The first-order valence-corrected chi connectivity index (χ1v) is 19.4. The van der Waals surface area contributed by atoms with E-state index in [4.69, 9.17) is 18.7 Å². The molecule has 21 heteroatoms. The second-order valence-corrected chi connectivity index (χ2v) is 15.9. The number of phosphoric ester groups is 1. The first kappa shape index (κ1) is 37.3. The molecule has 1 aromatic heterocycles. The van der Waals surface area contributed by atoms with Gasteiger partial charge < -0.3 is 43.3 Å². The Morgan fingerprint density at radius 1 is 0.959 bits per heavy atom. The first-order valence-electron chi connectivity index (χ1n) is 14.8. The number of phosphoric acid groups is 2. The fourth-order valence-electron chi connectivity index (χ4n) is 5.00. The minimum Gasteiger partial charge on any atom is -0.778 e. The van der Waals surface area contributed by atoms with Crippen molar-refractivity contribution in [3.8, 4) is 0 Å². The van der Waals surface area contributed by atoms with Crippen molar-refractivity contribution in [1.29, 1.82) is 0 Å². The van der Waals surface area contributed by atoms with Gasteiger partial charge in [0, 0.05) is 24.3 Å². The third kappa shape index (κ3) is 10.1. The molecular formula is C28H30FN3O14P3-3. The third-order valence-corrected chi connectivity index (χ3v) is 11.9. The maximum absolute atomic E-state index is 13.2. The number of amides is 1. The monoisotopic (exact) mass is 744 g/mol. The van der Waals surface area contributed by atoms with Crippen molar-refractivity contribution in [2.24, 2.45) is 0 Å². The number of rotatable bonds is 15. The molecule has 3 aromatic rings. The molecule has 0 saturated carbocycles. The first-order chi connectivity index (χ1) is 23.1. The Hall–Kier alpha value is -2.95. The minimum absolute atomic E-state index is 0.0638. The number of anilines is 1. The molecule has 2 aliphatic rings. The number of carbonyl (C=O) groups excluding carboxylic acids is 1. The quantitative estimate of drug-likeness (QED) is 0.220. The molecule has 1 N–H and O–H groups in total. The number of nitrogens with one attached hydrogen (secondary N) is 1. The second-order valence-electron chi connectivity index (χ2n) is 10.9. The van der Waals surface area contributed by atoms with Gasteiger partial charge in [0.1, 0.15) is 37.5 Å². The molecule has 0 bridgehead atoms. The van der Waals surface area contributed by atoms with Gasteiger partial charge in [-0.15, -0.1) is 0 Å². The number of ether oxygens (including phenoxy) is 3. The molecule has 5 unspecified atom stereocenters. The summed E-state index contributed by atoms with van der Waals surface area (Å²) in [5, 5.41) is 2.43. The molecule has 2 aromatic carbocycles. The summed E-state index contributed by atoms with van der Waals surface area (Å²) >= 11 is 0. The number of hydrogen-bond donors (Lipinski definition) is 1. The Kier molecular flexibility index (Phi) is 11.8. The maximum atomic E-state index is 13.2. The van der Waals surface area contributed by atoms with E-state index >= 15 is 0 Å². The smallest absolute Gasteiger partial charge is 0.351 e. The van der Waals surface area contributed by atoms with Crippen LogP contribution >= 0.6 is 23.2 Å². The predicted molar refractivity (Wildman–Crippen MR) is 161 cm³/mol. The summed E-state index contributed by atoms with van der Waals surface area (Å²) in [4.78, 5) is 65.9. The summed E-state index contributed by atoms with van der Waals surface area (Å²) in [7, 11) is -16.7. The Morgan fingerprint density at radius 2 is 1.65 bits per heavy atom. The molecule has 8 atom stereocenters. The number of halogens is 1. The molecule has 2 saturated heterocycles. The number of unbranched alkanes of at least 4 members (excludes halogenated alkanes) is 1. The van der Waals surface area contributed by atoms with Crippen LogP contribution in [0.1, 0.15) is 41.9 Å². The molecule has 266 valence electrons. The maximum Gasteiger partial charge on any atom is 0.351 e. The lowest BCUT2D eigenvalue weighted by Crippen LogP contribution is -2.34. The molecule has 2 aliphatic heterocycles. The van der Waals surface area contributed by atoms with E-state index in [1.807, 2.05) is 18.2 Å². The van der Waals surface area contributed by atoms with E-state index in [9.17, 15) is 42.4 Å². The number of nitrogens with zero attached hydrogens (tertiary/aromatic N) is 2. The second kappa shape index (κ2) is 15.5. The summed E-state index contributed by atoms with van der Waals surface area (Å²) in [5.74, 6) is -1.34. The van der Waals surface area contributed by atoms with Gasteiger partial charge in [-0.2, -0.15) is 4.98 Å². The molecular weight excluding hydrogens is 714 g/mol. The zero-order valence-electron chi connectivity index (χ0n) is 25.6. The number of aromatic nitrogens is 2. The van der Waals surface area contributed by atoms with Crippen LogP contribution in [0, 0.1) is 5.82 Å². The average Bonchev–Trinajstić information content (AvgIpc) is 3.58. The average molecular weight is 744 g/mol. The van der Waals surface area contributed by atoms with Crippen LogP contribution in [0.25, 0.3) is 0 Å². The van der Waals surface area contributed by atoms with Crippen molar-refractivity contribution in [3.63, 3.8) is 0 Å². The fourth-order valence-corrected chi connectivity index (χ4v) is 9.13. The van der Waals surface area contributed by atoms with Crippen LogP contribution in [0.5, 0.6) is 0 Å². The Morgan fingerprint density at radius 3 is 2.33 bits per heavy atom. The van der Waals surface area contributed by atoms with Crippen LogP contribution in [0.2, 0.25) is 0 Å². The summed E-state index contributed by atoms with van der Waals surface area (Å²) < 4.78 is 81.3. The summed E-state index contributed by atoms with van der Waals surface area (Å²) in [6.07, 6.45) is -4.27. The van der Waals surface area contributed by atoms with E-state index in [-0.39, 0.29) is 24.2 Å². The Bertz CT molecular complexity index is 1830. The SMILES string of the molecule is CCCCP(=O)([O-])OP(=O)([O-])OP(=O)([O-])OC[C@H]1O[C@@H](n2ccc(NC(=O)c3ccc(F)cc3)nc2=O)[C@H]2OC(Cc3ccccc3)OC12. The van der Waals surface area contributed by atoms with Gasteiger partial charge in [-0.05, 0) is 42.3 Å². The normalized spacial score (nSPS) is 25.5. The molecule has 0 radical (unpaired) electrons. The van der Waals surface area contributed by atoms with E-state index in [0.29, 0.717) is 6.42 Å². The Balaban J connectivity index is 1.30. The van der Waals surface area contributed by atoms with Crippen molar-refractivity contribution in [1.82, 2.24) is 9.55 Å². The van der Waals surface area contributed by atoms with Crippen LogP contribution in [0.4, 0.5) is 10.2 Å². The summed E-state index contributed by atoms with van der Waals surface area (Å²) in [6, 6.07) is 15.0. The van der Waals surface area contributed by atoms with Gasteiger partial charge in [0.05, 0.1) is 6.61 Å². The van der Waals surface area contributed by atoms with Crippen molar-refractivity contribution < 1.29 is 64.9 Å². The van der Waals surface area contributed by atoms with E-state index in [0.717, 1.165) is 22.3 Å². The Labute approximate surface area is 278 Å². The molecule has 3 heterocycles. The van der Waals surface area contributed by atoms with Crippen LogP contribution in [-0.2, 0) is 47.5 Å². The number of benzene rings is 2. The molecule has 49 heavy (non-hydrogen) atoms. The minimum atomic E-state index is -5.93. The van der Waals surface area contributed by atoms with Crippen molar-refractivity contribution in [2.45, 2.75) is 57.0 Å². The van der Waals surface area contributed by atoms with E-state index in [2.05, 4.69) is 18.9 Å². The highest BCUT2D eigenvalue weighted by molar-refractivity contribution is 7.66. The summed E-state index contributed by atoms with van der Waals surface area (Å²) in [5.41, 5.74) is 0.0250. The van der Waals surface area contributed by atoms with E-state index < -0.39 is 84.3 Å². The van der Waals surface area contributed by atoms with Crippen LogP contribution < -0.4 is 25.7 Å². The van der Waals surface area contributed by atoms with Crippen molar-refractivity contribution >= 4 is 35.0 Å². The highest BCUT2D eigenvalue weighted by atomic mass is 31.3. The van der Waals surface area contributed by atoms with Gasteiger partial charge in [-0.1, -0.05) is 43.7 Å². The van der Waals surface area contributed by atoms with Crippen LogP contribution in [0.15, 0.2) is 71.7 Å². The fraction of sp³-hybridized carbons (Fsp3) is 0.393. The zero-order chi connectivity index (χ0) is 35.4. The zero-order valence-corrected chi connectivity index (χ0v) is 28.3. The van der Waals surface area contributed by atoms with Crippen LogP contribution in [-0.4, -0.2) is 52.8 Å².